The highest BCUT2D eigenvalue weighted by molar-refractivity contribution is 5.44. The molecule has 21 heavy (non-hydrogen) atoms. The molecule has 3 rings (SSSR count). The van der Waals surface area contributed by atoms with E-state index in [-0.39, 0.29) is 0 Å². The molecule has 4 heteroatoms. The number of nitrogens with one attached hydrogen (secondary N) is 1. The lowest BCUT2D eigenvalue weighted by Gasteiger charge is -2.29. The van der Waals surface area contributed by atoms with Crippen molar-refractivity contribution in [3.63, 3.8) is 0 Å². The summed E-state index contributed by atoms with van der Waals surface area (Å²) in [5.41, 5.74) is 1.12. The van der Waals surface area contributed by atoms with Crippen LogP contribution in [-0.2, 0) is 0 Å². The second kappa shape index (κ2) is 6.74. The number of rotatable bonds is 5. The Hall–Kier alpha value is -1.84. The van der Waals surface area contributed by atoms with Crippen LogP contribution in [0.2, 0.25) is 0 Å². The maximum Gasteiger partial charge on any atom is 0.137 e. The largest absolute Gasteiger partial charge is 0.381 e. The molecule has 1 fully saturated rings. The fraction of sp³-hybridized carbons (Fsp3) is 0.529. The Morgan fingerprint density at radius 3 is 2.71 bits per heavy atom. The van der Waals surface area contributed by atoms with Crippen molar-refractivity contribution >= 4 is 5.69 Å². The average Bonchev–Trinajstić information content (AvgIpc) is 3.05. The van der Waals surface area contributed by atoms with E-state index >= 15 is 0 Å². The van der Waals surface area contributed by atoms with Gasteiger partial charge in [-0.15, -0.1) is 0 Å². The molecule has 4 nitrogen and oxygen atoms in total. The van der Waals surface area contributed by atoms with Crippen LogP contribution in [-0.4, -0.2) is 20.6 Å². The predicted molar refractivity (Wildman–Crippen MR) is 85.6 cm³/mol. The van der Waals surface area contributed by atoms with Gasteiger partial charge in [0.15, 0.2) is 0 Å². The first-order valence-electron chi connectivity index (χ1n) is 8.06. The Morgan fingerprint density at radius 2 is 2.10 bits per heavy atom. The summed E-state index contributed by atoms with van der Waals surface area (Å²) >= 11 is 0. The van der Waals surface area contributed by atoms with Gasteiger partial charge in [0.2, 0.25) is 0 Å². The Kier molecular flexibility index (Phi) is 4.53. The highest BCUT2D eigenvalue weighted by atomic mass is 15.1. The van der Waals surface area contributed by atoms with E-state index < -0.39 is 0 Å². The highest BCUT2D eigenvalue weighted by Gasteiger charge is 2.20. The van der Waals surface area contributed by atoms with E-state index in [2.05, 4.69) is 28.3 Å². The van der Waals surface area contributed by atoms with Gasteiger partial charge in [0, 0.05) is 18.4 Å². The molecule has 0 bridgehead atoms. The van der Waals surface area contributed by atoms with Gasteiger partial charge in [0.05, 0.1) is 11.9 Å². The molecule has 0 unspecified atom stereocenters. The van der Waals surface area contributed by atoms with Gasteiger partial charge in [0.25, 0.3) is 0 Å². The average molecular weight is 284 g/mol. The number of nitrogens with zero attached hydrogens (tertiary/aromatic N) is 3. The van der Waals surface area contributed by atoms with Crippen LogP contribution < -0.4 is 5.32 Å². The lowest BCUT2D eigenvalue weighted by molar-refractivity contribution is 0.319. The van der Waals surface area contributed by atoms with Crippen molar-refractivity contribution in [3.8, 4) is 5.82 Å². The SMILES string of the molecule is CCCC1CCC(Nc2ccc(-n3ccnc3)nc2)CC1. The minimum atomic E-state index is 0.610. The zero-order valence-corrected chi connectivity index (χ0v) is 12.7. The van der Waals surface area contributed by atoms with E-state index in [0.29, 0.717) is 6.04 Å². The van der Waals surface area contributed by atoms with Crippen molar-refractivity contribution in [1.29, 1.82) is 0 Å². The molecule has 1 aliphatic carbocycles. The van der Waals surface area contributed by atoms with E-state index in [1.54, 1.807) is 12.5 Å². The quantitative estimate of drug-likeness (QED) is 0.901. The lowest BCUT2D eigenvalue weighted by atomic mass is 9.83. The van der Waals surface area contributed by atoms with E-state index in [1.807, 2.05) is 23.0 Å². The summed E-state index contributed by atoms with van der Waals surface area (Å²) in [5.74, 6) is 1.86. The Bertz CT molecular complexity index is 524. The Labute approximate surface area is 126 Å². The summed E-state index contributed by atoms with van der Waals surface area (Å²) in [7, 11) is 0. The van der Waals surface area contributed by atoms with Gasteiger partial charge in [-0.2, -0.15) is 0 Å². The van der Waals surface area contributed by atoms with Crippen molar-refractivity contribution in [2.45, 2.75) is 51.5 Å². The first-order valence-corrected chi connectivity index (χ1v) is 8.06. The zero-order valence-electron chi connectivity index (χ0n) is 12.7. The van der Waals surface area contributed by atoms with E-state index in [0.717, 1.165) is 17.4 Å². The third-order valence-electron chi connectivity index (χ3n) is 4.43. The first kappa shape index (κ1) is 14.1. The molecule has 0 amide bonds. The van der Waals surface area contributed by atoms with Gasteiger partial charge in [-0.25, -0.2) is 9.97 Å². The maximum atomic E-state index is 4.49. The second-order valence-corrected chi connectivity index (χ2v) is 6.03. The summed E-state index contributed by atoms with van der Waals surface area (Å²) in [4.78, 5) is 8.54. The topological polar surface area (TPSA) is 42.7 Å². The van der Waals surface area contributed by atoms with Crippen molar-refractivity contribution in [2.75, 3.05) is 5.32 Å². The van der Waals surface area contributed by atoms with Gasteiger partial charge < -0.3 is 5.32 Å². The number of pyridine rings is 1. The summed E-state index contributed by atoms with van der Waals surface area (Å²) in [5, 5.41) is 3.63. The lowest BCUT2D eigenvalue weighted by Crippen LogP contribution is -2.26. The molecule has 0 saturated heterocycles. The number of anilines is 1. The predicted octanol–water partition coefficient (Wildman–Crippen LogP) is 4.04. The standard InChI is InChI=1S/C17H24N4/c1-2-3-14-4-6-15(7-5-14)20-16-8-9-17(19-12-16)21-11-10-18-13-21/h8-15,20H,2-7H2,1H3. The van der Waals surface area contributed by atoms with Gasteiger partial charge >= 0.3 is 0 Å². The summed E-state index contributed by atoms with van der Waals surface area (Å²) in [6.45, 7) is 2.29. The molecule has 0 atom stereocenters. The van der Waals surface area contributed by atoms with Gasteiger partial charge in [-0.3, -0.25) is 4.57 Å². The molecule has 2 heterocycles. The smallest absolute Gasteiger partial charge is 0.137 e. The zero-order chi connectivity index (χ0) is 14.5. The van der Waals surface area contributed by atoms with Gasteiger partial charge in [0.1, 0.15) is 12.1 Å². The molecule has 2 aromatic heterocycles. The third-order valence-corrected chi connectivity index (χ3v) is 4.43. The number of imidazole rings is 1. The fourth-order valence-corrected chi connectivity index (χ4v) is 3.26. The molecule has 0 radical (unpaired) electrons. The molecule has 112 valence electrons. The first-order chi connectivity index (χ1) is 10.3. The van der Waals surface area contributed by atoms with Crippen molar-refractivity contribution in [2.24, 2.45) is 5.92 Å². The van der Waals surface area contributed by atoms with Crippen molar-refractivity contribution in [3.05, 3.63) is 37.1 Å². The normalized spacial score (nSPS) is 22.1. The summed E-state index contributed by atoms with van der Waals surface area (Å²) in [6, 6.07) is 4.76. The van der Waals surface area contributed by atoms with Crippen LogP contribution in [0.5, 0.6) is 0 Å². The molecule has 2 aromatic rings. The minimum absolute atomic E-state index is 0.610. The molecule has 1 N–H and O–H groups in total. The maximum absolute atomic E-state index is 4.49. The highest BCUT2D eigenvalue weighted by Crippen LogP contribution is 2.29. The van der Waals surface area contributed by atoms with Crippen LogP contribution >= 0.6 is 0 Å². The van der Waals surface area contributed by atoms with Crippen LogP contribution in [0.3, 0.4) is 0 Å². The molecule has 0 aromatic carbocycles. The number of hydrogen-bond acceptors (Lipinski definition) is 3. The molecule has 1 saturated carbocycles. The van der Waals surface area contributed by atoms with Crippen LogP contribution in [0.15, 0.2) is 37.1 Å². The van der Waals surface area contributed by atoms with Crippen molar-refractivity contribution in [1.82, 2.24) is 14.5 Å². The molecular weight excluding hydrogens is 260 g/mol. The molecular formula is C17H24N4. The Morgan fingerprint density at radius 1 is 1.24 bits per heavy atom. The van der Waals surface area contributed by atoms with Crippen LogP contribution in [0.25, 0.3) is 5.82 Å². The van der Waals surface area contributed by atoms with E-state index in [4.69, 9.17) is 0 Å². The van der Waals surface area contributed by atoms with E-state index in [9.17, 15) is 0 Å². The van der Waals surface area contributed by atoms with Gasteiger partial charge in [-0.05, 0) is 43.7 Å². The van der Waals surface area contributed by atoms with Crippen molar-refractivity contribution < 1.29 is 0 Å². The third kappa shape index (κ3) is 3.63. The molecule has 1 aliphatic rings. The molecule has 0 spiro atoms. The van der Waals surface area contributed by atoms with E-state index in [1.165, 1.54) is 38.5 Å². The van der Waals surface area contributed by atoms with Crippen LogP contribution in [0.1, 0.15) is 45.4 Å². The summed E-state index contributed by atoms with van der Waals surface area (Å²) < 4.78 is 1.92. The monoisotopic (exact) mass is 284 g/mol. The van der Waals surface area contributed by atoms with Gasteiger partial charge in [-0.1, -0.05) is 19.8 Å². The molecule has 0 aliphatic heterocycles. The van der Waals surface area contributed by atoms with Crippen LogP contribution in [0, 0.1) is 5.92 Å². The fourth-order valence-electron chi connectivity index (χ4n) is 3.26. The number of aromatic nitrogens is 3. The minimum Gasteiger partial charge on any atom is -0.381 e. The number of hydrogen-bond donors (Lipinski definition) is 1. The second-order valence-electron chi connectivity index (χ2n) is 6.03. The summed E-state index contributed by atoms with van der Waals surface area (Å²) in [6.07, 6.45) is 15.4. The Balaban J connectivity index is 1.54. The van der Waals surface area contributed by atoms with Crippen LogP contribution in [0.4, 0.5) is 5.69 Å².